The second-order valence-electron chi connectivity index (χ2n) is 5.05. The fourth-order valence-corrected chi connectivity index (χ4v) is 2.00. The lowest BCUT2D eigenvalue weighted by Crippen LogP contribution is -2.35. The number of anilines is 1. The topological polar surface area (TPSA) is 71.1 Å². The number of aromatic nitrogens is 1. The Morgan fingerprint density at radius 1 is 1.04 bits per heavy atom. The molecule has 0 atom stereocenters. The number of urea groups is 1. The van der Waals surface area contributed by atoms with Gasteiger partial charge in [0.05, 0.1) is 11.3 Å². The molecule has 1 heterocycles. The lowest BCUT2D eigenvalue weighted by Gasteiger charge is -2.11. The van der Waals surface area contributed by atoms with E-state index >= 15 is 0 Å². The molecule has 0 radical (unpaired) electrons. The second kappa shape index (κ2) is 6.69. The number of carbonyl (C=O) groups excluding carboxylic acids is 2. The van der Waals surface area contributed by atoms with Gasteiger partial charge in [-0.25, -0.2) is 9.78 Å². The molecule has 8 heteroatoms. The summed E-state index contributed by atoms with van der Waals surface area (Å²) >= 11 is 0. The molecule has 0 bridgehead atoms. The average molecular weight is 337 g/mol. The van der Waals surface area contributed by atoms with Gasteiger partial charge in [0, 0.05) is 5.69 Å². The van der Waals surface area contributed by atoms with Gasteiger partial charge in [-0.2, -0.15) is 13.2 Å². The number of halogens is 3. The van der Waals surface area contributed by atoms with E-state index in [9.17, 15) is 22.8 Å². The first-order chi connectivity index (χ1) is 11.2. The smallest absolute Gasteiger partial charge is 0.307 e. The molecular weight excluding hydrogens is 323 g/mol. The molecule has 0 aliphatic rings. The maximum absolute atomic E-state index is 12.6. The molecule has 126 valence electrons. The van der Waals surface area contributed by atoms with E-state index in [-0.39, 0.29) is 11.3 Å². The van der Waals surface area contributed by atoms with Crippen LogP contribution in [0.2, 0.25) is 0 Å². The number of para-hydroxylation sites is 1. The number of hydrogen-bond donors (Lipinski definition) is 2. The van der Waals surface area contributed by atoms with Gasteiger partial charge in [0.2, 0.25) is 0 Å². The van der Waals surface area contributed by atoms with Crippen molar-refractivity contribution in [2.24, 2.45) is 0 Å². The Morgan fingerprint density at radius 2 is 1.71 bits per heavy atom. The van der Waals surface area contributed by atoms with E-state index < -0.39 is 23.8 Å². The van der Waals surface area contributed by atoms with Crippen molar-refractivity contribution >= 4 is 17.6 Å². The average Bonchev–Trinajstić information content (AvgIpc) is 2.48. The van der Waals surface area contributed by atoms with Crippen LogP contribution in [0, 0.1) is 13.8 Å². The third-order valence-corrected chi connectivity index (χ3v) is 3.24. The second-order valence-corrected chi connectivity index (χ2v) is 5.05. The number of hydrogen-bond acceptors (Lipinski definition) is 3. The Hall–Kier alpha value is -2.90. The Kier molecular flexibility index (Phi) is 4.87. The zero-order valence-electron chi connectivity index (χ0n) is 12.9. The van der Waals surface area contributed by atoms with Crippen LogP contribution in [0.15, 0.2) is 36.4 Å². The number of pyridine rings is 1. The molecule has 0 saturated heterocycles. The fourth-order valence-electron chi connectivity index (χ4n) is 2.00. The summed E-state index contributed by atoms with van der Waals surface area (Å²) in [6.45, 7) is 3.05. The number of nitrogens with zero attached hydrogens (tertiary/aromatic N) is 1. The van der Waals surface area contributed by atoms with Gasteiger partial charge in [-0.3, -0.25) is 10.1 Å². The minimum atomic E-state index is -4.60. The van der Waals surface area contributed by atoms with Gasteiger partial charge in [0.25, 0.3) is 5.91 Å². The van der Waals surface area contributed by atoms with Crippen LogP contribution in [0.25, 0.3) is 0 Å². The van der Waals surface area contributed by atoms with Crippen LogP contribution in [0.1, 0.15) is 27.3 Å². The number of aryl methyl sites for hydroxylation is 2. The van der Waals surface area contributed by atoms with E-state index in [1.165, 1.54) is 6.92 Å². The summed E-state index contributed by atoms with van der Waals surface area (Å²) in [5.41, 5.74) is -0.00703. The zero-order chi connectivity index (χ0) is 17.9. The van der Waals surface area contributed by atoms with Gasteiger partial charge < -0.3 is 5.32 Å². The minimum absolute atomic E-state index is 0.108. The molecule has 2 rings (SSSR count). The first-order valence-electron chi connectivity index (χ1n) is 6.91. The molecule has 0 spiro atoms. The van der Waals surface area contributed by atoms with Crippen molar-refractivity contribution in [2.75, 3.05) is 5.32 Å². The van der Waals surface area contributed by atoms with Crippen molar-refractivity contribution in [3.05, 3.63) is 58.9 Å². The fraction of sp³-hybridized carbons (Fsp3) is 0.188. The van der Waals surface area contributed by atoms with Crippen LogP contribution in [-0.4, -0.2) is 16.9 Å². The number of amides is 3. The Balaban J connectivity index is 2.10. The zero-order valence-corrected chi connectivity index (χ0v) is 12.9. The highest BCUT2D eigenvalue weighted by Gasteiger charge is 2.33. The Labute approximate surface area is 135 Å². The first-order valence-corrected chi connectivity index (χ1v) is 6.91. The highest BCUT2D eigenvalue weighted by molar-refractivity contribution is 6.08. The molecule has 0 saturated carbocycles. The summed E-state index contributed by atoms with van der Waals surface area (Å²) < 4.78 is 37.7. The third kappa shape index (κ3) is 4.09. The number of imide groups is 1. The molecule has 0 unspecified atom stereocenters. The van der Waals surface area contributed by atoms with Gasteiger partial charge >= 0.3 is 12.2 Å². The quantitative estimate of drug-likeness (QED) is 0.878. The number of benzene rings is 1. The molecule has 1 aromatic heterocycles. The standard InChI is InChI=1S/C16H14F3N3O2/c1-9-5-3-4-6-12(9)21-15(24)22-14(23)11-7-8-13(16(17,18)19)20-10(11)2/h3-8H,1-2H3,(H2,21,22,23,24). The van der Waals surface area contributed by atoms with E-state index in [1.807, 2.05) is 0 Å². The predicted molar refractivity (Wildman–Crippen MR) is 81.6 cm³/mol. The van der Waals surface area contributed by atoms with Gasteiger partial charge in [0.15, 0.2) is 0 Å². The lowest BCUT2D eigenvalue weighted by atomic mass is 10.1. The van der Waals surface area contributed by atoms with Crippen LogP contribution in [0.3, 0.4) is 0 Å². The van der Waals surface area contributed by atoms with Crippen molar-refractivity contribution in [1.29, 1.82) is 0 Å². The summed E-state index contributed by atoms with van der Waals surface area (Å²) in [5.74, 6) is -0.834. The highest BCUT2D eigenvalue weighted by atomic mass is 19.4. The molecule has 24 heavy (non-hydrogen) atoms. The van der Waals surface area contributed by atoms with Crippen LogP contribution < -0.4 is 10.6 Å². The van der Waals surface area contributed by atoms with Crippen LogP contribution in [0.5, 0.6) is 0 Å². The first kappa shape index (κ1) is 17.5. The molecule has 5 nitrogen and oxygen atoms in total. The normalized spacial score (nSPS) is 11.0. The maximum Gasteiger partial charge on any atom is 0.433 e. The summed E-state index contributed by atoms with van der Waals surface area (Å²) in [4.78, 5) is 27.2. The number of nitrogens with one attached hydrogen (secondary N) is 2. The number of carbonyl (C=O) groups is 2. The summed E-state index contributed by atoms with van der Waals surface area (Å²) in [6, 6.07) is 7.84. The van der Waals surface area contributed by atoms with Crippen LogP contribution in [0.4, 0.5) is 23.7 Å². The van der Waals surface area contributed by atoms with E-state index in [0.717, 1.165) is 11.6 Å². The Morgan fingerprint density at radius 3 is 2.29 bits per heavy atom. The lowest BCUT2D eigenvalue weighted by molar-refractivity contribution is -0.141. The molecule has 2 aromatic rings. The van der Waals surface area contributed by atoms with Crippen LogP contribution in [-0.2, 0) is 6.18 Å². The van der Waals surface area contributed by atoms with E-state index in [4.69, 9.17) is 0 Å². The SMILES string of the molecule is Cc1ccccc1NC(=O)NC(=O)c1ccc(C(F)(F)F)nc1C. The van der Waals surface area contributed by atoms with E-state index in [0.29, 0.717) is 11.8 Å². The third-order valence-electron chi connectivity index (χ3n) is 3.24. The molecule has 0 aliphatic carbocycles. The summed E-state index contributed by atoms with van der Waals surface area (Å²) in [7, 11) is 0. The van der Waals surface area contributed by atoms with Gasteiger partial charge in [-0.1, -0.05) is 18.2 Å². The van der Waals surface area contributed by atoms with Crippen molar-refractivity contribution < 1.29 is 22.8 Å². The van der Waals surface area contributed by atoms with Gasteiger partial charge in [0.1, 0.15) is 5.69 Å². The van der Waals surface area contributed by atoms with Gasteiger partial charge in [-0.05, 0) is 37.6 Å². The number of rotatable bonds is 2. The van der Waals surface area contributed by atoms with E-state index in [2.05, 4.69) is 15.6 Å². The minimum Gasteiger partial charge on any atom is -0.307 e. The van der Waals surface area contributed by atoms with E-state index in [1.54, 1.807) is 31.2 Å². The largest absolute Gasteiger partial charge is 0.433 e. The molecule has 2 N–H and O–H groups in total. The molecule has 1 aromatic carbocycles. The highest BCUT2D eigenvalue weighted by Crippen LogP contribution is 2.28. The monoisotopic (exact) mass is 337 g/mol. The molecular formula is C16H14F3N3O2. The van der Waals surface area contributed by atoms with Crippen molar-refractivity contribution in [1.82, 2.24) is 10.3 Å². The summed E-state index contributed by atoms with van der Waals surface area (Å²) in [6.07, 6.45) is -4.60. The van der Waals surface area contributed by atoms with Crippen LogP contribution >= 0.6 is 0 Å². The van der Waals surface area contributed by atoms with Crippen molar-refractivity contribution in [3.63, 3.8) is 0 Å². The number of alkyl halides is 3. The van der Waals surface area contributed by atoms with Gasteiger partial charge in [-0.15, -0.1) is 0 Å². The molecule has 0 aliphatic heterocycles. The van der Waals surface area contributed by atoms with Crippen molar-refractivity contribution in [2.45, 2.75) is 20.0 Å². The Bertz CT molecular complexity index is 788. The molecule has 3 amide bonds. The molecule has 0 fully saturated rings. The van der Waals surface area contributed by atoms with Crippen molar-refractivity contribution in [3.8, 4) is 0 Å². The predicted octanol–water partition coefficient (Wildman–Crippen LogP) is 3.68. The maximum atomic E-state index is 12.6. The summed E-state index contributed by atoms with van der Waals surface area (Å²) in [5, 5.41) is 4.56.